The summed E-state index contributed by atoms with van der Waals surface area (Å²) in [4.78, 5) is 11.0. The van der Waals surface area contributed by atoms with Gasteiger partial charge in [-0.25, -0.2) is 13.1 Å². The number of nitrogens with zero attached hydrogens (tertiary/aromatic N) is 1. The van der Waals surface area contributed by atoms with E-state index in [1.807, 2.05) is 6.07 Å². The normalized spacial score (nSPS) is 11.9. The largest absolute Gasteiger partial charge is 0.370 e. The van der Waals surface area contributed by atoms with Crippen LogP contribution < -0.4 is 10.5 Å². The van der Waals surface area contributed by atoms with Gasteiger partial charge in [0.1, 0.15) is 0 Å². The van der Waals surface area contributed by atoms with E-state index in [4.69, 9.17) is 11.0 Å². The molecule has 0 aliphatic carbocycles. The van der Waals surface area contributed by atoms with Crippen LogP contribution in [0.5, 0.6) is 0 Å². The lowest BCUT2D eigenvalue weighted by Crippen LogP contribution is -2.46. The van der Waals surface area contributed by atoms with Gasteiger partial charge in [-0.2, -0.15) is 5.26 Å². The van der Waals surface area contributed by atoms with Crippen LogP contribution in [0.4, 0.5) is 0 Å². The highest BCUT2D eigenvalue weighted by atomic mass is 32.2. The second kappa shape index (κ2) is 5.61. The minimum Gasteiger partial charge on any atom is -0.370 e. The van der Waals surface area contributed by atoms with Gasteiger partial charge in [0.05, 0.1) is 16.5 Å². The summed E-state index contributed by atoms with van der Waals surface area (Å²) in [5, 5.41) is 8.84. The molecule has 1 aromatic rings. The van der Waals surface area contributed by atoms with Crippen LogP contribution in [0, 0.1) is 18.3 Å². The molecule has 0 saturated heterocycles. The van der Waals surface area contributed by atoms with Crippen LogP contribution in [-0.2, 0) is 14.8 Å². The topological polar surface area (TPSA) is 113 Å². The molecule has 20 heavy (non-hydrogen) atoms. The van der Waals surface area contributed by atoms with Crippen molar-refractivity contribution < 1.29 is 13.2 Å². The number of carbonyl (C=O) groups is 1. The van der Waals surface area contributed by atoms with E-state index in [1.54, 1.807) is 32.9 Å². The Labute approximate surface area is 118 Å². The molecule has 0 unspecified atom stereocenters. The van der Waals surface area contributed by atoms with Crippen LogP contribution in [0.25, 0.3) is 0 Å². The number of nitrogens with two attached hydrogens (primary N) is 1. The van der Waals surface area contributed by atoms with Crippen molar-refractivity contribution in [3.8, 4) is 6.07 Å². The van der Waals surface area contributed by atoms with Gasteiger partial charge in [0, 0.05) is 12.0 Å². The van der Waals surface area contributed by atoms with Crippen molar-refractivity contribution in [2.45, 2.75) is 37.6 Å². The molecule has 3 N–H and O–H groups in total. The van der Waals surface area contributed by atoms with Crippen LogP contribution in [0.1, 0.15) is 31.4 Å². The summed E-state index contributed by atoms with van der Waals surface area (Å²) in [5.74, 6) is -0.597. The molecule has 0 aliphatic heterocycles. The number of rotatable bonds is 5. The van der Waals surface area contributed by atoms with Crippen molar-refractivity contribution in [2.75, 3.05) is 0 Å². The first kappa shape index (κ1) is 16.1. The van der Waals surface area contributed by atoms with Crippen molar-refractivity contribution in [3.05, 3.63) is 29.3 Å². The number of nitrogens with one attached hydrogen (secondary N) is 1. The Hall–Kier alpha value is -1.91. The molecule has 0 heterocycles. The molecule has 0 saturated carbocycles. The van der Waals surface area contributed by atoms with Crippen molar-refractivity contribution >= 4 is 15.9 Å². The highest BCUT2D eigenvalue weighted by molar-refractivity contribution is 7.89. The highest BCUT2D eigenvalue weighted by Crippen LogP contribution is 2.20. The fourth-order valence-electron chi connectivity index (χ4n) is 1.85. The Kier molecular flexibility index (Phi) is 4.53. The third-order valence-corrected chi connectivity index (χ3v) is 4.47. The third-order valence-electron chi connectivity index (χ3n) is 2.63. The predicted octanol–water partition coefficient (Wildman–Crippen LogP) is 0.799. The monoisotopic (exact) mass is 295 g/mol. The molecule has 7 heteroatoms. The average Bonchev–Trinajstić information content (AvgIpc) is 2.25. The Morgan fingerprint density at radius 3 is 2.55 bits per heavy atom. The SMILES string of the molecule is Cc1ccc(C#N)cc1S(=O)(=O)NC(C)(C)CC(N)=O. The van der Waals surface area contributed by atoms with E-state index in [1.165, 1.54) is 6.07 Å². The zero-order chi connectivity index (χ0) is 15.6. The van der Waals surface area contributed by atoms with Gasteiger partial charge < -0.3 is 5.73 Å². The van der Waals surface area contributed by atoms with Gasteiger partial charge in [-0.15, -0.1) is 0 Å². The molecule has 6 nitrogen and oxygen atoms in total. The second-order valence-electron chi connectivity index (χ2n) is 5.22. The summed E-state index contributed by atoms with van der Waals surface area (Å²) in [6, 6.07) is 6.31. The van der Waals surface area contributed by atoms with Crippen LogP contribution >= 0.6 is 0 Å². The van der Waals surface area contributed by atoms with Gasteiger partial charge in [0.2, 0.25) is 15.9 Å². The smallest absolute Gasteiger partial charge is 0.241 e. The Bertz CT molecular complexity index is 673. The molecular weight excluding hydrogens is 278 g/mol. The van der Waals surface area contributed by atoms with Gasteiger partial charge in [-0.3, -0.25) is 4.79 Å². The van der Waals surface area contributed by atoms with Crippen LogP contribution in [0.2, 0.25) is 0 Å². The van der Waals surface area contributed by atoms with Crippen molar-refractivity contribution in [1.82, 2.24) is 4.72 Å². The summed E-state index contributed by atoms with van der Waals surface area (Å²) in [5.41, 5.74) is 4.87. The van der Waals surface area contributed by atoms with Gasteiger partial charge in [-0.05, 0) is 38.5 Å². The maximum Gasteiger partial charge on any atom is 0.241 e. The number of amides is 1. The lowest BCUT2D eigenvalue weighted by atomic mass is 10.0. The van der Waals surface area contributed by atoms with E-state index in [2.05, 4.69) is 4.72 Å². The number of nitriles is 1. The minimum absolute atomic E-state index is 0.0223. The van der Waals surface area contributed by atoms with Gasteiger partial charge in [0.15, 0.2) is 0 Å². The zero-order valence-corrected chi connectivity index (χ0v) is 12.4. The molecule has 1 rings (SSSR count). The van der Waals surface area contributed by atoms with Gasteiger partial charge >= 0.3 is 0 Å². The van der Waals surface area contributed by atoms with E-state index in [0.29, 0.717) is 5.56 Å². The van der Waals surface area contributed by atoms with E-state index in [0.717, 1.165) is 0 Å². The number of carbonyl (C=O) groups excluding carboxylic acids is 1. The van der Waals surface area contributed by atoms with Crippen molar-refractivity contribution in [1.29, 1.82) is 5.26 Å². The second-order valence-corrected chi connectivity index (χ2v) is 6.88. The summed E-state index contributed by atoms with van der Waals surface area (Å²) in [7, 11) is -3.84. The molecular formula is C13H17N3O3S. The zero-order valence-electron chi connectivity index (χ0n) is 11.6. The molecule has 1 aromatic carbocycles. The Balaban J connectivity index is 3.18. The fourth-order valence-corrected chi connectivity index (χ4v) is 3.53. The molecule has 0 atom stereocenters. The van der Waals surface area contributed by atoms with Crippen LogP contribution in [0.15, 0.2) is 23.1 Å². The maximum atomic E-state index is 12.3. The lowest BCUT2D eigenvalue weighted by Gasteiger charge is -2.24. The van der Waals surface area contributed by atoms with Crippen LogP contribution in [-0.4, -0.2) is 19.9 Å². The fraction of sp³-hybridized carbons (Fsp3) is 0.385. The van der Waals surface area contributed by atoms with Crippen molar-refractivity contribution in [2.24, 2.45) is 5.73 Å². The van der Waals surface area contributed by atoms with E-state index >= 15 is 0 Å². The molecule has 0 fully saturated rings. The molecule has 0 spiro atoms. The quantitative estimate of drug-likeness (QED) is 0.836. The lowest BCUT2D eigenvalue weighted by molar-refractivity contribution is -0.119. The summed E-state index contributed by atoms with van der Waals surface area (Å²) < 4.78 is 27.1. The van der Waals surface area contributed by atoms with E-state index in [9.17, 15) is 13.2 Å². The minimum atomic E-state index is -3.84. The summed E-state index contributed by atoms with van der Waals surface area (Å²) in [6.45, 7) is 4.77. The molecule has 0 aromatic heterocycles. The number of hydrogen-bond donors (Lipinski definition) is 2. The molecule has 1 amide bonds. The first-order chi connectivity index (χ1) is 9.07. The van der Waals surface area contributed by atoms with Gasteiger partial charge in [0.25, 0.3) is 0 Å². The molecule has 108 valence electrons. The Morgan fingerprint density at radius 1 is 1.45 bits per heavy atom. The predicted molar refractivity (Wildman–Crippen MR) is 74.1 cm³/mol. The summed E-state index contributed by atoms with van der Waals surface area (Å²) in [6.07, 6.45) is -0.122. The number of hydrogen-bond acceptors (Lipinski definition) is 4. The third kappa shape index (κ3) is 4.05. The van der Waals surface area contributed by atoms with E-state index in [-0.39, 0.29) is 16.9 Å². The van der Waals surface area contributed by atoms with Crippen LogP contribution in [0.3, 0.4) is 0 Å². The molecule has 0 aliphatic rings. The highest BCUT2D eigenvalue weighted by Gasteiger charge is 2.28. The number of sulfonamides is 1. The summed E-state index contributed by atoms with van der Waals surface area (Å²) >= 11 is 0. The number of benzene rings is 1. The van der Waals surface area contributed by atoms with Gasteiger partial charge in [-0.1, -0.05) is 6.07 Å². The van der Waals surface area contributed by atoms with Crippen molar-refractivity contribution in [3.63, 3.8) is 0 Å². The van der Waals surface area contributed by atoms with E-state index < -0.39 is 21.5 Å². The molecule has 0 radical (unpaired) electrons. The number of aryl methyl sites for hydroxylation is 1. The number of primary amides is 1. The standard InChI is InChI=1S/C13H17N3O3S/c1-9-4-5-10(8-14)6-11(9)20(18,19)16-13(2,3)7-12(15)17/h4-6,16H,7H2,1-3H3,(H2,15,17). The maximum absolute atomic E-state index is 12.3. The molecule has 0 bridgehead atoms. The average molecular weight is 295 g/mol. The first-order valence-electron chi connectivity index (χ1n) is 5.90. The Morgan fingerprint density at radius 2 is 2.05 bits per heavy atom. The first-order valence-corrected chi connectivity index (χ1v) is 7.39.